The van der Waals surface area contributed by atoms with Gasteiger partial charge in [-0.3, -0.25) is 0 Å². The molecule has 0 radical (unpaired) electrons. The number of nitrogens with zero attached hydrogens (tertiary/aromatic N) is 4. The van der Waals surface area contributed by atoms with Crippen LogP contribution in [0.3, 0.4) is 0 Å². The molecule has 0 N–H and O–H groups in total. The summed E-state index contributed by atoms with van der Waals surface area (Å²) in [6.07, 6.45) is 0. The molecule has 0 aliphatic rings. The predicted molar refractivity (Wildman–Crippen MR) is 147 cm³/mol. The monoisotopic (exact) mass is 636 g/mol. The summed E-state index contributed by atoms with van der Waals surface area (Å²) in [7, 11) is 0. The van der Waals surface area contributed by atoms with Crippen molar-refractivity contribution in [1.82, 2.24) is 11.6 Å². The van der Waals surface area contributed by atoms with Gasteiger partial charge in [0.25, 0.3) is 0 Å². The quantitative estimate of drug-likeness (QED) is 0.252. The summed E-state index contributed by atoms with van der Waals surface area (Å²) < 4.78 is 12.1. The van der Waals surface area contributed by atoms with Crippen LogP contribution in [-0.2, 0) is 21.1 Å². The molecule has 4 nitrogen and oxygen atoms in total. The van der Waals surface area contributed by atoms with Crippen molar-refractivity contribution in [2.24, 2.45) is 0 Å². The summed E-state index contributed by atoms with van der Waals surface area (Å²) in [6, 6.07) is 1.73. The van der Waals surface area contributed by atoms with Gasteiger partial charge in [0.2, 0.25) is 0 Å². The average Bonchev–Trinajstić information content (AvgIpc) is 2.37. The zero-order valence-electron chi connectivity index (χ0n) is 26.6. The molecule has 0 aliphatic carbocycles. The van der Waals surface area contributed by atoms with Gasteiger partial charge in [-0.1, -0.05) is 0 Å². The normalized spacial score (nSPS) is 15.6. The van der Waals surface area contributed by atoms with Gasteiger partial charge in [0.1, 0.15) is 0 Å². The van der Waals surface area contributed by atoms with Gasteiger partial charge in [0, 0.05) is 0 Å². The summed E-state index contributed by atoms with van der Waals surface area (Å²) in [5.41, 5.74) is 0.131. The van der Waals surface area contributed by atoms with E-state index < -0.39 is 21.1 Å². The second-order valence-electron chi connectivity index (χ2n) is 15.1. The third-order valence-electron chi connectivity index (χ3n) is 6.25. The van der Waals surface area contributed by atoms with Crippen LogP contribution >= 0.6 is 0 Å². The third kappa shape index (κ3) is 7.37. The molecular weight excluding hydrogens is 571 g/mol. The Balaban J connectivity index is 8.45. The summed E-state index contributed by atoms with van der Waals surface area (Å²) in [6.45, 7) is 48.9. The number of rotatable bonds is 8. The Morgan fingerprint density at radius 3 is 0.515 bits per heavy atom. The first kappa shape index (κ1) is 33.7. The zero-order valence-corrected chi connectivity index (χ0v) is 30.2. The Morgan fingerprint density at radius 2 is 0.455 bits per heavy atom. The van der Waals surface area contributed by atoms with E-state index in [0.29, 0.717) is 24.2 Å². The van der Waals surface area contributed by atoms with Crippen LogP contribution in [0.1, 0.15) is 138 Å². The van der Waals surface area contributed by atoms with E-state index in [-0.39, 0.29) is 22.2 Å². The second-order valence-corrected chi connectivity index (χ2v) is 26.4. The van der Waals surface area contributed by atoms with Crippen LogP contribution in [0.2, 0.25) is 0 Å². The molecule has 0 aliphatic heterocycles. The Bertz CT molecular complexity index is 488. The molecule has 0 spiro atoms. The van der Waals surface area contributed by atoms with Crippen LogP contribution in [0.15, 0.2) is 0 Å². The molecule has 0 heterocycles. The molecule has 200 valence electrons. The van der Waals surface area contributed by atoms with Crippen molar-refractivity contribution in [2.45, 2.75) is 185 Å². The Labute approximate surface area is 216 Å². The molecule has 0 bridgehead atoms. The molecule has 33 heavy (non-hydrogen) atoms. The van der Waals surface area contributed by atoms with Crippen LogP contribution in [0, 0.1) is 0 Å². The van der Waals surface area contributed by atoms with Crippen LogP contribution in [-0.4, -0.2) is 57.9 Å². The first-order chi connectivity index (χ1) is 14.3. The topological polar surface area (TPSA) is 13.0 Å². The first-order valence-corrected chi connectivity index (χ1v) is 19.9. The molecule has 0 amide bonds. The fourth-order valence-corrected chi connectivity index (χ4v) is 34.9. The van der Waals surface area contributed by atoms with Crippen LogP contribution in [0.5, 0.6) is 0 Å². The van der Waals surface area contributed by atoms with E-state index in [1.807, 2.05) is 0 Å². The first-order valence-electron chi connectivity index (χ1n) is 13.4. The van der Waals surface area contributed by atoms with Gasteiger partial charge in [0.15, 0.2) is 0 Å². The van der Waals surface area contributed by atoms with Crippen LogP contribution < -0.4 is 0 Å². The van der Waals surface area contributed by atoms with Crippen molar-refractivity contribution in [2.75, 3.05) is 0 Å². The van der Waals surface area contributed by atoms with E-state index in [0.717, 1.165) is 0 Å². The molecule has 0 saturated carbocycles. The molecule has 0 aromatic carbocycles. The van der Waals surface area contributed by atoms with Gasteiger partial charge >= 0.3 is 217 Å². The second kappa shape index (κ2) is 11.0. The molecule has 0 unspecified atom stereocenters. The van der Waals surface area contributed by atoms with Gasteiger partial charge < -0.3 is 0 Å². The zero-order chi connectivity index (χ0) is 27.1. The molecule has 0 aromatic rings. The van der Waals surface area contributed by atoms with Crippen LogP contribution in [0.25, 0.3) is 0 Å². The van der Waals surface area contributed by atoms with Crippen molar-refractivity contribution in [3.05, 3.63) is 0 Å². The molecule has 0 atom stereocenters. The predicted octanol–water partition coefficient (Wildman–Crippen LogP) is 7.84. The maximum absolute atomic E-state index is 4.15. The van der Waals surface area contributed by atoms with Crippen molar-refractivity contribution >= 4 is 0 Å². The molecule has 0 rings (SSSR count). The standard InChI is InChI=1S/4C7H16N.Hf/c4*1-6(2)8-7(3,4)5;/h4*6H,1-5H3;/q4*-1;+4. The van der Waals surface area contributed by atoms with Gasteiger partial charge in [-0.05, 0) is 0 Å². The van der Waals surface area contributed by atoms with E-state index >= 15 is 0 Å². The van der Waals surface area contributed by atoms with Gasteiger partial charge in [-0.2, -0.15) is 0 Å². The minimum atomic E-state index is -4.15. The maximum atomic E-state index is 3.03. The van der Waals surface area contributed by atoms with Crippen molar-refractivity contribution in [3.8, 4) is 0 Å². The Kier molecular flexibility index (Phi) is 11.2. The van der Waals surface area contributed by atoms with E-state index in [4.69, 9.17) is 0 Å². The van der Waals surface area contributed by atoms with E-state index in [2.05, 4.69) is 150 Å². The molecule has 0 fully saturated rings. The summed E-state index contributed by atoms with van der Waals surface area (Å²) >= 11 is -4.15. The van der Waals surface area contributed by atoms with Crippen molar-refractivity contribution in [3.63, 3.8) is 0 Å². The van der Waals surface area contributed by atoms with Gasteiger partial charge in [-0.15, -0.1) is 0 Å². The molecular formula is C28H64HfN4. The summed E-state index contributed by atoms with van der Waals surface area (Å²) in [5.74, 6) is 0. The average molecular weight is 635 g/mol. The van der Waals surface area contributed by atoms with Crippen LogP contribution in [0.4, 0.5) is 0 Å². The van der Waals surface area contributed by atoms with E-state index in [9.17, 15) is 0 Å². The van der Waals surface area contributed by atoms with Gasteiger partial charge in [0.05, 0.1) is 0 Å². The summed E-state index contributed by atoms with van der Waals surface area (Å²) in [5, 5.41) is 0. The van der Waals surface area contributed by atoms with Gasteiger partial charge in [-0.25, -0.2) is 0 Å². The van der Waals surface area contributed by atoms with Crippen molar-refractivity contribution < 1.29 is 21.1 Å². The van der Waals surface area contributed by atoms with E-state index in [1.165, 1.54) is 0 Å². The Morgan fingerprint density at radius 1 is 0.333 bits per heavy atom. The van der Waals surface area contributed by atoms with Crippen molar-refractivity contribution in [1.29, 1.82) is 0 Å². The number of hydrogen-bond acceptors (Lipinski definition) is 4. The summed E-state index contributed by atoms with van der Waals surface area (Å²) in [4.78, 5) is 0. The molecule has 0 aromatic heterocycles. The molecule has 5 heteroatoms. The third-order valence-corrected chi connectivity index (χ3v) is 32.6. The fourth-order valence-electron chi connectivity index (χ4n) is 6.98. The number of hydrogen-bond donors (Lipinski definition) is 0. The van der Waals surface area contributed by atoms with E-state index in [1.54, 1.807) is 0 Å². The SMILES string of the molecule is CC(C)[N](C(C)(C)C)[Hf]([N](C(C)C)C(C)(C)C)([N](C(C)C)C(C)(C)C)[N](C(C)C)C(C)(C)C. The minimum absolute atomic E-state index is 0.0326. The molecule has 0 saturated heterocycles. The Hall–Kier alpha value is 0.710. The fraction of sp³-hybridized carbons (Fsp3) is 1.00.